The molecule has 3 aromatic rings. The van der Waals surface area contributed by atoms with Gasteiger partial charge in [0.1, 0.15) is 5.69 Å². The molecule has 108 valence electrons. The zero-order valence-corrected chi connectivity index (χ0v) is 14.0. The van der Waals surface area contributed by atoms with Crippen molar-refractivity contribution in [2.75, 3.05) is 7.05 Å². The number of benzene rings is 1. The van der Waals surface area contributed by atoms with Crippen molar-refractivity contribution in [3.05, 3.63) is 63.0 Å². The lowest BCUT2D eigenvalue weighted by Gasteiger charge is -2.12. The number of hydrogen-bond donors (Lipinski definition) is 0. The summed E-state index contributed by atoms with van der Waals surface area (Å²) in [4.78, 5) is 3.54. The van der Waals surface area contributed by atoms with Crippen LogP contribution >= 0.6 is 27.3 Å². The van der Waals surface area contributed by atoms with Crippen LogP contribution in [0.25, 0.3) is 11.3 Å². The summed E-state index contributed by atoms with van der Waals surface area (Å²) in [5.41, 5.74) is 1.97. The summed E-state index contributed by atoms with van der Waals surface area (Å²) in [6.07, 6.45) is 0. The molecule has 0 aliphatic carbocycles. The lowest BCUT2D eigenvalue weighted by atomic mass is 10.1. The highest BCUT2D eigenvalue weighted by Gasteiger charge is 2.10. The highest BCUT2D eigenvalue weighted by Crippen LogP contribution is 2.24. The Labute approximate surface area is 136 Å². The second kappa shape index (κ2) is 6.56. The number of hydrogen-bond acceptors (Lipinski definition) is 4. The number of thiophene rings is 1. The second-order valence-electron chi connectivity index (χ2n) is 4.92. The van der Waals surface area contributed by atoms with Crippen LogP contribution in [0.15, 0.2) is 56.8 Å². The molecule has 2 aromatic heterocycles. The normalized spacial score (nSPS) is 11.2. The van der Waals surface area contributed by atoms with E-state index in [4.69, 9.17) is 4.52 Å². The number of aromatic nitrogens is 1. The van der Waals surface area contributed by atoms with Crippen LogP contribution in [-0.4, -0.2) is 17.1 Å². The third-order valence-electron chi connectivity index (χ3n) is 3.11. The van der Waals surface area contributed by atoms with Crippen LogP contribution in [0.5, 0.6) is 0 Å². The summed E-state index contributed by atoms with van der Waals surface area (Å²) in [5, 5.41) is 4.14. The maximum absolute atomic E-state index is 5.44. The standard InChI is InChI=1S/C16H15BrN2OS/c1-19(11-14-7-8-16(17)21-14)10-13-9-15(18-20-13)12-5-3-2-4-6-12/h2-9H,10-11H2,1H3. The van der Waals surface area contributed by atoms with Gasteiger partial charge >= 0.3 is 0 Å². The zero-order chi connectivity index (χ0) is 14.7. The highest BCUT2D eigenvalue weighted by molar-refractivity contribution is 9.11. The molecule has 1 aromatic carbocycles. The van der Waals surface area contributed by atoms with Crippen LogP contribution in [0, 0.1) is 0 Å². The fourth-order valence-corrected chi connectivity index (χ4v) is 3.72. The van der Waals surface area contributed by atoms with Gasteiger partial charge in [-0.1, -0.05) is 35.5 Å². The molecule has 0 spiro atoms. The van der Waals surface area contributed by atoms with Gasteiger partial charge in [-0.2, -0.15) is 0 Å². The highest BCUT2D eigenvalue weighted by atomic mass is 79.9. The molecule has 0 fully saturated rings. The van der Waals surface area contributed by atoms with Gasteiger partial charge in [0.25, 0.3) is 0 Å². The first kappa shape index (κ1) is 14.5. The molecule has 0 N–H and O–H groups in total. The first-order valence-electron chi connectivity index (χ1n) is 6.64. The third-order valence-corrected chi connectivity index (χ3v) is 4.72. The smallest absolute Gasteiger partial charge is 0.151 e. The summed E-state index contributed by atoms with van der Waals surface area (Å²) >= 11 is 5.25. The molecule has 0 atom stereocenters. The maximum Gasteiger partial charge on any atom is 0.151 e. The molecule has 3 rings (SSSR count). The van der Waals surface area contributed by atoms with Crippen molar-refractivity contribution < 1.29 is 4.52 Å². The summed E-state index contributed by atoms with van der Waals surface area (Å²) < 4.78 is 6.60. The molecule has 21 heavy (non-hydrogen) atoms. The Balaban J connectivity index is 1.64. The molecule has 0 bridgehead atoms. The van der Waals surface area contributed by atoms with Crippen molar-refractivity contribution >= 4 is 27.3 Å². The predicted molar refractivity (Wildman–Crippen MR) is 89.1 cm³/mol. The lowest BCUT2D eigenvalue weighted by molar-refractivity contribution is 0.268. The van der Waals surface area contributed by atoms with Gasteiger partial charge in [-0.05, 0) is 35.1 Å². The van der Waals surface area contributed by atoms with Crippen molar-refractivity contribution in [1.82, 2.24) is 10.1 Å². The van der Waals surface area contributed by atoms with E-state index in [-0.39, 0.29) is 0 Å². The van der Waals surface area contributed by atoms with Crippen LogP contribution < -0.4 is 0 Å². The Hall–Kier alpha value is -1.43. The van der Waals surface area contributed by atoms with Crippen molar-refractivity contribution in [2.24, 2.45) is 0 Å². The van der Waals surface area contributed by atoms with Crippen LogP contribution in [0.1, 0.15) is 10.6 Å². The predicted octanol–water partition coefficient (Wildman–Crippen LogP) is 4.80. The molecule has 3 nitrogen and oxygen atoms in total. The SMILES string of the molecule is CN(Cc1cc(-c2ccccc2)no1)Cc1ccc(Br)s1. The average molecular weight is 363 g/mol. The first-order valence-corrected chi connectivity index (χ1v) is 8.25. The molecule has 0 aliphatic rings. The number of rotatable bonds is 5. The van der Waals surface area contributed by atoms with Crippen LogP contribution in [0.2, 0.25) is 0 Å². The molecule has 0 aliphatic heterocycles. The molecule has 5 heteroatoms. The topological polar surface area (TPSA) is 29.3 Å². The average Bonchev–Trinajstić information content (AvgIpc) is 3.09. The molecule has 0 radical (unpaired) electrons. The monoisotopic (exact) mass is 362 g/mol. The van der Waals surface area contributed by atoms with E-state index in [2.05, 4.69) is 45.2 Å². The van der Waals surface area contributed by atoms with Gasteiger partial charge < -0.3 is 4.52 Å². The van der Waals surface area contributed by atoms with Gasteiger partial charge in [0, 0.05) is 23.1 Å². The van der Waals surface area contributed by atoms with Gasteiger partial charge in [0.05, 0.1) is 10.3 Å². The minimum atomic E-state index is 0.745. The van der Waals surface area contributed by atoms with Crippen LogP contribution in [0.3, 0.4) is 0 Å². The van der Waals surface area contributed by atoms with E-state index in [9.17, 15) is 0 Å². The largest absolute Gasteiger partial charge is 0.359 e. The number of nitrogens with zero attached hydrogens (tertiary/aromatic N) is 2. The minimum Gasteiger partial charge on any atom is -0.359 e. The molecule has 2 heterocycles. The summed E-state index contributed by atoms with van der Waals surface area (Å²) in [5.74, 6) is 0.881. The third kappa shape index (κ3) is 3.81. The minimum absolute atomic E-state index is 0.745. The summed E-state index contributed by atoms with van der Waals surface area (Å²) in [7, 11) is 2.08. The second-order valence-corrected chi connectivity index (χ2v) is 7.47. The summed E-state index contributed by atoms with van der Waals surface area (Å²) in [6.45, 7) is 1.65. The summed E-state index contributed by atoms with van der Waals surface area (Å²) in [6, 6.07) is 16.3. The van der Waals surface area contributed by atoms with Gasteiger partial charge in [-0.25, -0.2) is 0 Å². The van der Waals surface area contributed by atoms with Gasteiger partial charge in [0.2, 0.25) is 0 Å². The number of halogens is 1. The van der Waals surface area contributed by atoms with E-state index in [1.54, 1.807) is 11.3 Å². The van der Waals surface area contributed by atoms with E-state index in [0.29, 0.717) is 0 Å². The van der Waals surface area contributed by atoms with E-state index < -0.39 is 0 Å². The van der Waals surface area contributed by atoms with E-state index in [1.165, 1.54) is 4.88 Å². The molecule has 0 saturated heterocycles. The Bertz CT molecular complexity index is 708. The molecule has 0 amide bonds. The maximum atomic E-state index is 5.44. The fourth-order valence-electron chi connectivity index (χ4n) is 2.16. The van der Waals surface area contributed by atoms with Crippen molar-refractivity contribution in [3.8, 4) is 11.3 Å². The fraction of sp³-hybridized carbons (Fsp3) is 0.188. The van der Waals surface area contributed by atoms with E-state index in [0.717, 1.165) is 33.9 Å². The van der Waals surface area contributed by atoms with Gasteiger partial charge in [0.15, 0.2) is 5.76 Å². The quantitative estimate of drug-likeness (QED) is 0.652. The van der Waals surface area contributed by atoms with Crippen molar-refractivity contribution in [3.63, 3.8) is 0 Å². The van der Waals surface area contributed by atoms with Gasteiger partial charge in [-0.15, -0.1) is 11.3 Å². The molecule has 0 saturated carbocycles. The van der Waals surface area contributed by atoms with E-state index in [1.807, 2.05) is 36.4 Å². The molecular weight excluding hydrogens is 348 g/mol. The zero-order valence-electron chi connectivity index (χ0n) is 11.6. The lowest BCUT2D eigenvalue weighted by Crippen LogP contribution is -2.16. The Morgan fingerprint density at radius 2 is 1.95 bits per heavy atom. The van der Waals surface area contributed by atoms with E-state index >= 15 is 0 Å². The van der Waals surface area contributed by atoms with Crippen molar-refractivity contribution in [1.29, 1.82) is 0 Å². The van der Waals surface area contributed by atoms with Crippen LogP contribution in [-0.2, 0) is 13.1 Å². The first-order chi connectivity index (χ1) is 10.2. The van der Waals surface area contributed by atoms with Crippen LogP contribution in [0.4, 0.5) is 0 Å². The molecular formula is C16H15BrN2OS. The Morgan fingerprint density at radius 1 is 1.14 bits per heavy atom. The Kier molecular flexibility index (Phi) is 4.53. The Morgan fingerprint density at radius 3 is 2.67 bits per heavy atom. The van der Waals surface area contributed by atoms with Gasteiger partial charge in [-0.3, -0.25) is 4.90 Å². The molecule has 0 unspecified atom stereocenters. The van der Waals surface area contributed by atoms with Crippen molar-refractivity contribution in [2.45, 2.75) is 13.1 Å².